The molecule has 118 valence electrons. The van der Waals surface area contributed by atoms with E-state index in [4.69, 9.17) is 0 Å². The van der Waals surface area contributed by atoms with Crippen molar-refractivity contribution in [2.24, 2.45) is 5.92 Å². The van der Waals surface area contributed by atoms with E-state index in [0.29, 0.717) is 12.5 Å². The average molecular weight is 299 g/mol. The standard InChI is InChI=1S/C18H25N3O/c1-3-11-21(12-15-7-5-4-6-8-15)13-17(22)20-18(2,14-19)16-9-10-16/h4-8,16H,3,9-13H2,1-2H3,(H,20,22). The van der Waals surface area contributed by atoms with Gasteiger partial charge in [-0.2, -0.15) is 5.26 Å². The molecule has 1 aromatic carbocycles. The lowest BCUT2D eigenvalue weighted by Crippen LogP contribution is -2.50. The van der Waals surface area contributed by atoms with E-state index in [1.807, 2.05) is 25.1 Å². The Morgan fingerprint density at radius 1 is 1.41 bits per heavy atom. The van der Waals surface area contributed by atoms with Crippen molar-refractivity contribution in [1.29, 1.82) is 5.26 Å². The van der Waals surface area contributed by atoms with Crippen molar-refractivity contribution in [2.75, 3.05) is 13.1 Å². The summed E-state index contributed by atoms with van der Waals surface area (Å²) in [5.41, 5.74) is 0.496. The molecule has 1 aromatic rings. The largest absolute Gasteiger partial charge is 0.337 e. The van der Waals surface area contributed by atoms with E-state index < -0.39 is 5.54 Å². The van der Waals surface area contributed by atoms with Gasteiger partial charge in [0.15, 0.2) is 0 Å². The van der Waals surface area contributed by atoms with E-state index in [2.05, 4.69) is 35.3 Å². The molecular weight excluding hydrogens is 274 g/mol. The molecule has 0 spiro atoms. The number of nitriles is 1. The number of carbonyl (C=O) groups excluding carboxylic acids is 1. The van der Waals surface area contributed by atoms with E-state index in [9.17, 15) is 10.1 Å². The van der Waals surface area contributed by atoms with Crippen LogP contribution < -0.4 is 5.32 Å². The SMILES string of the molecule is CCCN(CC(=O)NC(C)(C#N)C1CC1)Cc1ccccc1. The van der Waals surface area contributed by atoms with Gasteiger partial charge < -0.3 is 5.32 Å². The Hall–Kier alpha value is -1.86. The molecule has 1 aliphatic carbocycles. The van der Waals surface area contributed by atoms with Crippen LogP contribution in [0.4, 0.5) is 0 Å². The molecule has 0 radical (unpaired) electrons. The topological polar surface area (TPSA) is 56.1 Å². The molecule has 1 aliphatic rings. The van der Waals surface area contributed by atoms with Crippen LogP contribution in [0.5, 0.6) is 0 Å². The summed E-state index contributed by atoms with van der Waals surface area (Å²) in [5.74, 6) is 0.260. The maximum atomic E-state index is 12.3. The van der Waals surface area contributed by atoms with Gasteiger partial charge in [0.2, 0.25) is 5.91 Å². The Kier molecular flexibility index (Phi) is 5.57. The van der Waals surface area contributed by atoms with E-state index in [-0.39, 0.29) is 5.91 Å². The van der Waals surface area contributed by atoms with E-state index in [0.717, 1.165) is 32.4 Å². The van der Waals surface area contributed by atoms with Crippen molar-refractivity contribution in [3.63, 3.8) is 0 Å². The Bertz CT molecular complexity index is 533. The molecule has 1 saturated carbocycles. The number of benzene rings is 1. The highest BCUT2D eigenvalue weighted by molar-refractivity contribution is 5.79. The average Bonchev–Trinajstić information content (AvgIpc) is 3.33. The molecular formula is C18H25N3O. The minimum atomic E-state index is -0.707. The summed E-state index contributed by atoms with van der Waals surface area (Å²) in [6.45, 7) is 5.92. The number of hydrogen-bond donors (Lipinski definition) is 1. The number of hydrogen-bond acceptors (Lipinski definition) is 3. The van der Waals surface area contributed by atoms with Crippen LogP contribution in [0.1, 0.15) is 38.7 Å². The van der Waals surface area contributed by atoms with E-state index in [1.165, 1.54) is 5.56 Å². The Morgan fingerprint density at radius 3 is 2.64 bits per heavy atom. The predicted molar refractivity (Wildman–Crippen MR) is 86.9 cm³/mol. The first-order chi connectivity index (χ1) is 10.6. The molecule has 1 atom stereocenters. The third-order valence-corrected chi connectivity index (χ3v) is 4.18. The van der Waals surface area contributed by atoms with Crippen LogP contribution in [0.3, 0.4) is 0 Å². The number of nitrogens with one attached hydrogen (secondary N) is 1. The van der Waals surface area contributed by atoms with Gasteiger partial charge in [-0.05, 0) is 44.2 Å². The first kappa shape index (κ1) is 16.5. The summed E-state index contributed by atoms with van der Waals surface area (Å²) in [4.78, 5) is 14.5. The summed E-state index contributed by atoms with van der Waals surface area (Å²) >= 11 is 0. The summed E-state index contributed by atoms with van der Waals surface area (Å²) in [6.07, 6.45) is 3.07. The second-order valence-electron chi connectivity index (χ2n) is 6.33. The molecule has 0 aromatic heterocycles. The number of amides is 1. The first-order valence-electron chi connectivity index (χ1n) is 8.06. The van der Waals surface area contributed by atoms with Crippen LogP contribution in [-0.4, -0.2) is 29.4 Å². The van der Waals surface area contributed by atoms with Crippen molar-refractivity contribution in [3.05, 3.63) is 35.9 Å². The highest BCUT2D eigenvalue weighted by Crippen LogP contribution is 2.39. The van der Waals surface area contributed by atoms with E-state index in [1.54, 1.807) is 0 Å². The summed E-state index contributed by atoms with van der Waals surface area (Å²) < 4.78 is 0. The smallest absolute Gasteiger partial charge is 0.235 e. The van der Waals surface area contributed by atoms with Crippen LogP contribution in [0.25, 0.3) is 0 Å². The highest BCUT2D eigenvalue weighted by Gasteiger charge is 2.43. The van der Waals surface area contributed by atoms with Gasteiger partial charge in [-0.15, -0.1) is 0 Å². The van der Waals surface area contributed by atoms with Crippen LogP contribution >= 0.6 is 0 Å². The second kappa shape index (κ2) is 7.42. The van der Waals surface area contributed by atoms with Gasteiger partial charge in [0.05, 0.1) is 12.6 Å². The minimum Gasteiger partial charge on any atom is -0.337 e. The number of carbonyl (C=O) groups is 1. The fourth-order valence-electron chi connectivity index (χ4n) is 2.79. The summed E-state index contributed by atoms with van der Waals surface area (Å²) in [7, 11) is 0. The van der Waals surface area contributed by atoms with Crippen LogP contribution in [0, 0.1) is 17.2 Å². The van der Waals surface area contributed by atoms with Crippen molar-refractivity contribution in [1.82, 2.24) is 10.2 Å². The monoisotopic (exact) mass is 299 g/mol. The second-order valence-corrected chi connectivity index (χ2v) is 6.33. The fraction of sp³-hybridized carbons (Fsp3) is 0.556. The lowest BCUT2D eigenvalue weighted by atomic mass is 9.98. The van der Waals surface area contributed by atoms with Gasteiger partial charge in [0.25, 0.3) is 0 Å². The maximum Gasteiger partial charge on any atom is 0.235 e. The van der Waals surface area contributed by atoms with Gasteiger partial charge in [-0.3, -0.25) is 9.69 Å². The summed E-state index contributed by atoms with van der Waals surface area (Å²) in [6, 6.07) is 12.4. The lowest BCUT2D eigenvalue weighted by Gasteiger charge is -2.26. The molecule has 0 saturated heterocycles. The molecule has 0 bridgehead atoms. The molecule has 0 aliphatic heterocycles. The summed E-state index contributed by atoms with van der Waals surface area (Å²) in [5, 5.41) is 12.3. The van der Waals surface area contributed by atoms with E-state index >= 15 is 0 Å². The van der Waals surface area contributed by atoms with Crippen molar-refractivity contribution in [3.8, 4) is 6.07 Å². The zero-order chi connectivity index (χ0) is 16.0. The molecule has 0 heterocycles. The van der Waals surface area contributed by atoms with Crippen LogP contribution in [-0.2, 0) is 11.3 Å². The lowest BCUT2D eigenvalue weighted by molar-refractivity contribution is -0.123. The Morgan fingerprint density at radius 2 is 2.09 bits per heavy atom. The number of nitrogens with zero attached hydrogens (tertiary/aromatic N) is 2. The molecule has 1 N–H and O–H groups in total. The molecule has 4 heteroatoms. The fourth-order valence-corrected chi connectivity index (χ4v) is 2.79. The maximum absolute atomic E-state index is 12.3. The normalized spacial score (nSPS) is 16.8. The van der Waals surface area contributed by atoms with Gasteiger partial charge in [0.1, 0.15) is 5.54 Å². The van der Waals surface area contributed by atoms with Gasteiger partial charge in [-0.25, -0.2) is 0 Å². The molecule has 1 unspecified atom stereocenters. The Labute approximate surface area is 133 Å². The third kappa shape index (κ3) is 4.57. The van der Waals surface area contributed by atoms with Crippen molar-refractivity contribution >= 4 is 5.91 Å². The van der Waals surface area contributed by atoms with Crippen molar-refractivity contribution in [2.45, 2.75) is 45.2 Å². The van der Waals surface area contributed by atoms with Gasteiger partial charge in [0, 0.05) is 6.54 Å². The molecule has 1 fully saturated rings. The quantitative estimate of drug-likeness (QED) is 0.803. The highest BCUT2D eigenvalue weighted by atomic mass is 16.2. The molecule has 4 nitrogen and oxygen atoms in total. The molecule has 1 amide bonds. The predicted octanol–water partition coefficient (Wildman–Crippen LogP) is 2.71. The third-order valence-electron chi connectivity index (χ3n) is 4.18. The van der Waals surface area contributed by atoms with Crippen LogP contribution in [0.2, 0.25) is 0 Å². The van der Waals surface area contributed by atoms with Crippen molar-refractivity contribution < 1.29 is 4.79 Å². The van der Waals surface area contributed by atoms with Gasteiger partial charge >= 0.3 is 0 Å². The zero-order valence-corrected chi connectivity index (χ0v) is 13.5. The van der Waals surface area contributed by atoms with Gasteiger partial charge in [-0.1, -0.05) is 37.3 Å². The zero-order valence-electron chi connectivity index (χ0n) is 13.5. The first-order valence-corrected chi connectivity index (χ1v) is 8.06. The van der Waals surface area contributed by atoms with Crippen LogP contribution in [0.15, 0.2) is 30.3 Å². The number of rotatable bonds is 8. The minimum absolute atomic E-state index is 0.0552. The molecule has 22 heavy (non-hydrogen) atoms. The Balaban J connectivity index is 1.92. The molecule has 2 rings (SSSR count).